The van der Waals surface area contributed by atoms with E-state index in [9.17, 15) is 9.59 Å². The van der Waals surface area contributed by atoms with Gasteiger partial charge in [0.2, 0.25) is 0 Å². The van der Waals surface area contributed by atoms with Crippen LogP contribution in [0.4, 0.5) is 4.79 Å². The lowest BCUT2D eigenvalue weighted by molar-refractivity contribution is 0.0285. The Morgan fingerprint density at radius 1 is 1.50 bits per heavy atom. The van der Waals surface area contributed by atoms with Crippen molar-refractivity contribution in [2.75, 3.05) is 7.05 Å². The summed E-state index contributed by atoms with van der Waals surface area (Å²) in [6.07, 6.45) is -0.463. The zero-order valence-corrected chi connectivity index (χ0v) is 11.6. The van der Waals surface area contributed by atoms with Crippen LogP contribution in [0.15, 0.2) is 5.38 Å². The Morgan fingerprint density at radius 2 is 2.11 bits per heavy atom. The van der Waals surface area contributed by atoms with Gasteiger partial charge in [-0.1, -0.05) is 0 Å². The van der Waals surface area contributed by atoms with Crippen LogP contribution in [0, 0.1) is 0 Å². The molecule has 0 fully saturated rings. The van der Waals surface area contributed by atoms with Crippen molar-refractivity contribution in [3.63, 3.8) is 0 Å². The number of carboxylic acid groups (broad SMARTS) is 1. The van der Waals surface area contributed by atoms with E-state index >= 15 is 0 Å². The van der Waals surface area contributed by atoms with Crippen LogP contribution in [-0.4, -0.2) is 39.7 Å². The van der Waals surface area contributed by atoms with E-state index in [0.29, 0.717) is 5.01 Å². The van der Waals surface area contributed by atoms with Gasteiger partial charge in [-0.25, -0.2) is 14.6 Å². The third kappa shape index (κ3) is 4.33. The molecule has 1 aromatic rings. The summed E-state index contributed by atoms with van der Waals surface area (Å²) in [6.45, 7) is 5.58. The highest BCUT2D eigenvalue weighted by molar-refractivity contribution is 7.09. The molecule has 0 bridgehead atoms. The molecule has 0 spiro atoms. The highest BCUT2D eigenvalue weighted by Gasteiger charge is 2.20. The lowest BCUT2D eigenvalue weighted by Crippen LogP contribution is -2.33. The maximum atomic E-state index is 11.7. The predicted octanol–water partition coefficient (Wildman–Crippen LogP) is 2.21. The van der Waals surface area contributed by atoms with Gasteiger partial charge in [0.05, 0.1) is 6.54 Å². The first kappa shape index (κ1) is 14.4. The lowest BCUT2D eigenvalue weighted by Gasteiger charge is -2.24. The van der Waals surface area contributed by atoms with Crippen LogP contribution in [0.3, 0.4) is 0 Å². The smallest absolute Gasteiger partial charge is 0.410 e. The van der Waals surface area contributed by atoms with Gasteiger partial charge < -0.3 is 14.7 Å². The number of ether oxygens (including phenoxy) is 1. The Hall–Kier alpha value is -1.63. The fraction of sp³-hybridized carbons (Fsp3) is 0.545. The Bertz CT molecular complexity index is 450. The summed E-state index contributed by atoms with van der Waals surface area (Å²) in [6, 6.07) is 0. The van der Waals surface area contributed by atoms with E-state index < -0.39 is 17.7 Å². The normalized spacial score (nSPS) is 11.1. The molecule has 7 heteroatoms. The van der Waals surface area contributed by atoms with Crippen LogP contribution in [0.2, 0.25) is 0 Å². The second-order valence-corrected chi connectivity index (χ2v) is 5.71. The summed E-state index contributed by atoms with van der Waals surface area (Å²) in [5.74, 6) is -1.07. The molecule has 0 aliphatic heterocycles. The van der Waals surface area contributed by atoms with Crippen molar-refractivity contribution in [1.29, 1.82) is 0 Å². The van der Waals surface area contributed by atoms with Gasteiger partial charge in [-0.3, -0.25) is 0 Å². The van der Waals surface area contributed by atoms with Gasteiger partial charge in [0.25, 0.3) is 0 Å². The third-order valence-electron chi connectivity index (χ3n) is 1.85. The zero-order valence-electron chi connectivity index (χ0n) is 10.8. The molecule has 1 N–H and O–H groups in total. The highest BCUT2D eigenvalue weighted by Crippen LogP contribution is 2.14. The summed E-state index contributed by atoms with van der Waals surface area (Å²) in [5, 5.41) is 10.7. The monoisotopic (exact) mass is 272 g/mol. The average Bonchev–Trinajstić information content (AvgIpc) is 2.63. The molecule has 0 unspecified atom stereocenters. The SMILES string of the molecule is CN(Cc1nc(C(=O)O)cs1)C(=O)OC(C)(C)C. The summed E-state index contributed by atoms with van der Waals surface area (Å²) < 4.78 is 5.17. The molecule has 0 saturated carbocycles. The first-order chi connectivity index (χ1) is 8.19. The number of rotatable bonds is 3. The third-order valence-corrected chi connectivity index (χ3v) is 2.68. The maximum absolute atomic E-state index is 11.7. The lowest BCUT2D eigenvalue weighted by atomic mass is 10.2. The van der Waals surface area contributed by atoms with Crippen LogP contribution in [0.5, 0.6) is 0 Å². The number of aromatic carboxylic acids is 1. The number of carboxylic acids is 1. The number of nitrogens with zero attached hydrogens (tertiary/aromatic N) is 2. The van der Waals surface area contributed by atoms with Crippen LogP contribution in [-0.2, 0) is 11.3 Å². The minimum Gasteiger partial charge on any atom is -0.476 e. The fourth-order valence-corrected chi connectivity index (χ4v) is 1.91. The van der Waals surface area contributed by atoms with E-state index in [4.69, 9.17) is 9.84 Å². The van der Waals surface area contributed by atoms with Gasteiger partial charge in [-0.05, 0) is 20.8 Å². The molecule has 18 heavy (non-hydrogen) atoms. The summed E-state index contributed by atoms with van der Waals surface area (Å²) in [4.78, 5) is 27.6. The molecule has 0 atom stereocenters. The summed E-state index contributed by atoms with van der Waals surface area (Å²) in [7, 11) is 1.58. The number of hydrogen-bond donors (Lipinski definition) is 1. The largest absolute Gasteiger partial charge is 0.476 e. The van der Waals surface area contributed by atoms with E-state index in [-0.39, 0.29) is 12.2 Å². The molecule has 0 aliphatic carbocycles. The van der Waals surface area contributed by atoms with Gasteiger partial charge in [-0.15, -0.1) is 11.3 Å². The molecule has 6 nitrogen and oxygen atoms in total. The molecule has 1 amide bonds. The Morgan fingerprint density at radius 3 is 2.56 bits per heavy atom. The fourth-order valence-electron chi connectivity index (χ4n) is 1.09. The Kier molecular flexibility index (Phi) is 4.28. The van der Waals surface area contributed by atoms with Crippen molar-refractivity contribution in [2.45, 2.75) is 32.9 Å². The van der Waals surface area contributed by atoms with Gasteiger partial charge in [0, 0.05) is 12.4 Å². The van der Waals surface area contributed by atoms with Crippen LogP contribution >= 0.6 is 11.3 Å². The van der Waals surface area contributed by atoms with Crippen molar-refractivity contribution in [3.8, 4) is 0 Å². The molecular formula is C11H16N2O4S. The van der Waals surface area contributed by atoms with Crippen molar-refractivity contribution < 1.29 is 19.4 Å². The first-order valence-corrected chi connectivity index (χ1v) is 6.19. The number of thiazole rings is 1. The van der Waals surface area contributed by atoms with Gasteiger partial charge >= 0.3 is 12.1 Å². The van der Waals surface area contributed by atoms with Gasteiger partial charge in [-0.2, -0.15) is 0 Å². The van der Waals surface area contributed by atoms with Gasteiger partial charge in [0.15, 0.2) is 5.69 Å². The summed E-state index contributed by atoms with van der Waals surface area (Å²) >= 11 is 1.20. The molecule has 0 saturated heterocycles. The number of amides is 1. The Balaban J connectivity index is 2.61. The minimum atomic E-state index is -1.07. The average molecular weight is 272 g/mol. The van der Waals surface area contributed by atoms with Gasteiger partial charge in [0.1, 0.15) is 10.6 Å². The molecular weight excluding hydrogens is 256 g/mol. The van der Waals surface area contributed by atoms with Crippen LogP contribution < -0.4 is 0 Å². The van der Waals surface area contributed by atoms with Crippen molar-refractivity contribution in [3.05, 3.63) is 16.1 Å². The van der Waals surface area contributed by atoms with Crippen molar-refractivity contribution >= 4 is 23.4 Å². The number of aromatic nitrogens is 1. The van der Waals surface area contributed by atoms with E-state index in [0.717, 1.165) is 0 Å². The van der Waals surface area contributed by atoms with Crippen molar-refractivity contribution in [2.24, 2.45) is 0 Å². The molecule has 0 radical (unpaired) electrons. The Labute approximate surface area is 109 Å². The van der Waals surface area contributed by atoms with E-state index in [1.165, 1.54) is 21.6 Å². The second-order valence-electron chi connectivity index (χ2n) is 4.77. The minimum absolute atomic E-state index is 0.00686. The number of carbonyl (C=O) groups excluding carboxylic acids is 1. The molecule has 100 valence electrons. The van der Waals surface area contributed by atoms with Crippen molar-refractivity contribution in [1.82, 2.24) is 9.88 Å². The van der Waals surface area contributed by atoms with Crippen LogP contribution in [0.1, 0.15) is 36.3 Å². The molecule has 0 aliphatic rings. The second kappa shape index (κ2) is 5.34. The molecule has 0 aromatic carbocycles. The topological polar surface area (TPSA) is 79.7 Å². The molecule has 1 rings (SSSR count). The molecule has 1 aromatic heterocycles. The van der Waals surface area contributed by atoms with Crippen LogP contribution in [0.25, 0.3) is 0 Å². The van der Waals surface area contributed by atoms with E-state index in [2.05, 4.69) is 4.98 Å². The zero-order chi connectivity index (χ0) is 13.9. The predicted molar refractivity (Wildman–Crippen MR) is 66.8 cm³/mol. The van der Waals surface area contributed by atoms with E-state index in [1.54, 1.807) is 27.8 Å². The quantitative estimate of drug-likeness (QED) is 0.912. The molecule has 1 heterocycles. The first-order valence-electron chi connectivity index (χ1n) is 5.31. The standard InChI is InChI=1S/C11H16N2O4S/c1-11(2,3)17-10(16)13(4)5-8-12-7(6-18-8)9(14)15/h6H,5H2,1-4H3,(H,14,15). The highest BCUT2D eigenvalue weighted by atomic mass is 32.1. The number of carbonyl (C=O) groups is 2. The van der Waals surface area contributed by atoms with E-state index in [1.807, 2.05) is 0 Å². The number of hydrogen-bond acceptors (Lipinski definition) is 5. The summed E-state index contributed by atoms with van der Waals surface area (Å²) in [5.41, 5.74) is -0.562. The maximum Gasteiger partial charge on any atom is 0.410 e.